The molecule has 4 atom stereocenters. The Labute approximate surface area is 217 Å². The molecule has 2 heterocycles. The fourth-order valence-electron chi connectivity index (χ4n) is 5.76. The van der Waals surface area contributed by atoms with Gasteiger partial charge in [0.15, 0.2) is 11.2 Å². The summed E-state index contributed by atoms with van der Waals surface area (Å²) < 4.78 is 20.7. The molecule has 0 spiro atoms. The summed E-state index contributed by atoms with van der Waals surface area (Å²) in [5.74, 6) is -1.64. The number of aliphatic hydroxyl groups excluding tert-OH is 1. The third-order valence-corrected chi connectivity index (χ3v) is 7.65. The van der Waals surface area contributed by atoms with Gasteiger partial charge in [0, 0.05) is 34.5 Å². The molecular formula is C29H22ClFN2O4. The van der Waals surface area contributed by atoms with Gasteiger partial charge >= 0.3 is 0 Å². The van der Waals surface area contributed by atoms with Gasteiger partial charge in [0.1, 0.15) is 5.75 Å². The molecule has 6 nitrogen and oxygen atoms in total. The van der Waals surface area contributed by atoms with Gasteiger partial charge in [-0.15, -0.1) is 0 Å². The molecule has 1 saturated carbocycles. The fraction of sp³-hybridized carbons (Fsp3) is 0.172. The van der Waals surface area contributed by atoms with Crippen LogP contribution in [0.1, 0.15) is 39.4 Å². The van der Waals surface area contributed by atoms with Crippen LogP contribution in [0, 0.1) is 5.95 Å². The Kier molecular flexibility index (Phi) is 5.53. The lowest BCUT2D eigenvalue weighted by atomic mass is 9.71. The van der Waals surface area contributed by atoms with E-state index < -0.39 is 35.1 Å². The van der Waals surface area contributed by atoms with Gasteiger partial charge in [-0.25, -0.2) is 4.98 Å². The van der Waals surface area contributed by atoms with Gasteiger partial charge in [-0.1, -0.05) is 60.1 Å². The minimum absolute atomic E-state index is 0.198. The number of pyridine rings is 1. The molecule has 1 aliphatic heterocycles. The molecule has 0 bridgehead atoms. The second kappa shape index (κ2) is 8.66. The Morgan fingerprint density at radius 3 is 2.54 bits per heavy atom. The van der Waals surface area contributed by atoms with Crippen molar-refractivity contribution in [3.63, 3.8) is 0 Å². The highest BCUT2D eigenvalue weighted by molar-refractivity contribution is 6.30. The average molecular weight is 517 g/mol. The van der Waals surface area contributed by atoms with Gasteiger partial charge < -0.3 is 20.3 Å². The molecule has 186 valence electrons. The minimum Gasteiger partial charge on any atom is -0.478 e. The molecule has 0 radical (unpaired) electrons. The highest BCUT2D eigenvalue weighted by atomic mass is 35.5. The van der Waals surface area contributed by atoms with Crippen LogP contribution in [-0.2, 0) is 11.2 Å². The van der Waals surface area contributed by atoms with Crippen LogP contribution in [-0.4, -0.2) is 27.2 Å². The van der Waals surface area contributed by atoms with Crippen molar-refractivity contribution in [1.82, 2.24) is 4.98 Å². The van der Waals surface area contributed by atoms with Crippen LogP contribution in [0.4, 0.5) is 10.1 Å². The van der Waals surface area contributed by atoms with Gasteiger partial charge in [-0.05, 0) is 47.9 Å². The smallest absolute Gasteiger partial charge is 0.260 e. The lowest BCUT2D eigenvalue weighted by Gasteiger charge is -2.40. The zero-order chi connectivity index (χ0) is 25.8. The number of ether oxygens (including phenoxy) is 1. The van der Waals surface area contributed by atoms with E-state index in [0.29, 0.717) is 27.6 Å². The standard InChI is InChI=1S/C29H22ClFN2O4/c30-19-10-8-18(9-11-19)29-23(17-5-2-1-3-6-17)16-25(34)28(29,36)22-13-12-20(15-24(22)37-29)33-27(35)21-7-4-14-32-26(21)31/h1-15,23,25,34,36H,16H2,(H,33,35)/t23-,25-,28-,29-/m0/s1. The zero-order valence-corrected chi connectivity index (χ0v) is 20.2. The SMILES string of the molecule is O=C(Nc1ccc2c(c1)O[C@@]1(c3ccc(Cl)cc3)[C@H](c3ccccc3)C[C@H](O)[C@@]21O)c1cccnc1F. The van der Waals surface area contributed by atoms with E-state index in [9.17, 15) is 19.4 Å². The van der Waals surface area contributed by atoms with E-state index in [4.69, 9.17) is 16.3 Å². The van der Waals surface area contributed by atoms with Crippen LogP contribution in [0.5, 0.6) is 5.75 Å². The quantitative estimate of drug-likeness (QED) is 0.326. The first-order chi connectivity index (χ1) is 17.8. The largest absolute Gasteiger partial charge is 0.478 e. The second-order valence-electron chi connectivity index (χ2n) is 9.33. The van der Waals surface area contributed by atoms with Crippen molar-refractivity contribution in [1.29, 1.82) is 0 Å². The van der Waals surface area contributed by atoms with Crippen molar-refractivity contribution < 1.29 is 24.1 Å². The molecule has 1 aliphatic carbocycles. The number of nitrogens with one attached hydrogen (secondary N) is 1. The van der Waals surface area contributed by atoms with Crippen LogP contribution >= 0.6 is 11.6 Å². The van der Waals surface area contributed by atoms with Gasteiger partial charge in [0.2, 0.25) is 5.95 Å². The van der Waals surface area contributed by atoms with Crippen LogP contribution in [0.2, 0.25) is 5.02 Å². The molecule has 8 heteroatoms. The van der Waals surface area contributed by atoms with Crippen LogP contribution < -0.4 is 10.1 Å². The Bertz CT molecular complexity index is 1500. The molecule has 3 N–H and O–H groups in total. The first-order valence-corrected chi connectivity index (χ1v) is 12.2. The second-order valence-corrected chi connectivity index (χ2v) is 9.77. The molecule has 1 fully saturated rings. The molecule has 6 rings (SSSR count). The average Bonchev–Trinajstić information content (AvgIpc) is 3.30. The first kappa shape index (κ1) is 23.6. The number of amides is 1. The van der Waals surface area contributed by atoms with E-state index in [-0.39, 0.29) is 12.0 Å². The van der Waals surface area contributed by atoms with E-state index >= 15 is 0 Å². The predicted octanol–water partition coefficient (Wildman–Crippen LogP) is 5.15. The molecular weight excluding hydrogens is 495 g/mol. The van der Waals surface area contributed by atoms with Gasteiger partial charge in [-0.3, -0.25) is 4.79 Å². The normalized spacial score (nSPS) is 25.7. The van der Waals surface area contributed by atoms with Crippen molar-refractivity contribution >= 4 is 23.2 Å². The van der Waals surface area contributed by atoms with E-state index in [0.717, 1.165) is 5.56 Å². The van der Waals surface area contributed by atoms with Crippen molar-refractivity contribution in [3.8, 4) is 5.75 Å². The monoisotopic (exact) mass is 516 g/mol. The highest BCUT2D eigenvalue weighted by Crippen LogP contribution is 2.66. The van der Waals surface area contributed by atoms with Crippen LogP contribution in [0.3, 0.4) is 0 Å². The molecule has 37 heavy (non-hydrogen) atoms. The number of anilines is 1. The molecule has 1 amide bonds. The van der Waals surface area contributed by atoms with Gasteiger partial charge in [0.25, 0.3) is 5.91 Å². The highest BCUT2D eigenvalue weighted by Gasteiger charge is 2.72. The summed E-state index contributed by atoms with van der Waals surface area (Å²) >= 11 is 6.17. The number of carbonyl (C=O) groups excluding carboxylic acids is 1. The molecule has 0 saturated heterocycles. The lowest BCUT2D eigenvalue weighted by molar-refractivity contribution is -0.149. The number of halogens is 2. The maximum absolute atomic E-state index is 14.0. The predicted molar refractivity (Wildman–Crippen MR) is 136 cm³/mol. The molecule has 4 aromatic rings. The number of benzene rings is 3. The summed E-state index contributed by atoms with van der Waals surface area (Å²) in [6, 6.07) is 24.2. The summed E-state index contributed by atoms with van der Waals surface area (Å²) in [6.07, 6.45) is 0.389. The summed E-state index contributed by atoms with van der Waals surface area (Å²) in [5, 5.41) is 26.8. The lowest BCUT2D eigenvalue weighted by Crippen LogP contribution is -2.51. The number of aliphatic hydroxyl groups is 2. The van der Waals surface area contributed by atoms with E-state index in [1.807, 2.05) is 30.3 Å². The molecule has 2 aliphatic rings. The first-order valence-electron chi connectivity index (χ1n) is 11.8. The summed E-state index contributed by atoms with van der Waals surface area (Å²) in [4.78, 5) is 16.2. The maximum atomic E-state index is 14.0. The van der Waals surface area contributed by atoms with Crippen molar-refractivity contribution in [2.75, 3.05) is 5.32 Å². The number of hydrogen-bond acceptors (Lipinski definition) is 5. The van der Waals surface area contributed by atoms with Crippen molar-refractivity contribution in [3.05, 3.63) is 124 Å². The Morgan fingerprint density at radius 1 is 1.05 bits per heavy atom. The number of fused-ring (bicyclic) bond motifs is 3. The van der Waals surface area contributed by atoms with E-state index in [2.05, 4.69) is 10.3 Å². The van der Waals surface area contributed by atoms with Gasteiger partial charge in [0.05, 0.1) is 11.7 Å². The van der Waals surface area contributed by atoms with Crippen molar-refractivity contribution in [2.45, 2.75) is 29.6 Å². The maximum Gasteiger partial charge on any atom is 0.260 e. The Balaban J connectivity index is 1.46. The number of aromatic nitrogens is 1. The topological polar surface area (TPSA) is 91.7 Å². The van der Waals surface area contributed by atoms with Gasteiger partial charge in [-0.2, -0.15) is 4.39 Å². The molecule has 0 unspecified atom stereocenters. The minimum atomic E-state index is -1.78. The number of rotatable bonds is 4. The number of nitrogens with zero attached hydrogens (tertiary/aromatic N) is 1. The number of carbonyl (C=O) groups is 1. The van der Waals surface area contributed by atoms with Crippen LogP contribution in [0.15, 0.2) is 91.1 Å². The summed E-state index contributed by atoms with van der Waals surface area (Å²) in [6.45, 7) is 0. The van der Waals surface area contributed by atoms with E-state index in [1.54, 1.807) is 42.5 Å². The zero-order valence-electron chi connectivity index (χ0n) is 19.4. The molecule has 1 aromatic heterocycles. The third kappa shape index (κ3) is 3.46. The Hall–Kier alpha value is -3.78. The molecule has 3 aromatic carbocycles. The van der Waals surface area contributed by atoms with Crippen LogP contribution in [0.25, 0.3) is 0 Å². The fourth-order valence-corrected chi connectivity index (χ4v) is 5.89. The third-order valence-electron chi connectivity index (χ3n) is 7.40. The van der Waals surface area contributed by atoms with Crippen molar-refractivity contribution in [2.24, 2.45) is 0 Å². The summed E-state index contributed by atoms with van der Waals surface area (Å²) in [5.41, 5.74) is -1.04. The number of hydrogen-bond donors (Lipinski definition) is 3. The Morgan fingerprint density at radius 2 is 1.81 bits per heavy atom. The summed E-state index contributed by atoms with van der Waals surface area (Å²) in [7, 11) is 0. The van der Waals surface area contributed by atoms with E-state index in [1.165, 1.54) is 18.3 Å².